The molecule has 4 fully saturated rings. The highest BCUT2D eigenvalue weighted by Crippen LogP contribution is 2.66. The molecule has 8 heteroatoms. The molecule has 4 heterocycles. The molecule has 1 amide bonds. The third-order valence-electron chi connectivity index (χ3n) is 9.57. The van der Waals surface area contributed by atoms with Gasteiger partial charge in [0, 0.05) is 84.4 Å². The van der Waals surface area contributed by atoms with Crippen molar-refractivity contribution >= 4 is 22.6 Å². The fourth-order valence-corrected chi connectivity index (χ4v) is 7.90. The Bertz CT molecular complexity index is 1580. The molecule has 1 saturated carbocycles. The number of methoxy groups -OCH3 is 1. The SMILES string of the molecule is COc1cc2[nH]c(C(=O)N3C[C@H]4CC45C3=CC(=O)c3ccccc35)cc2cc1OCCN1CC2(CN(C)C2)C1. The van der Waals surface area contributed by atoms with Crippen LogP contribution in [0.2, 0.25) is 0 Å². The van der Waals surface area contributed by atoms with Gasteiger partial charge in [0.15, 0.2) is 17.3 Å². The van der Waals surface area contributed by atoms with Gasteiger partial charge in [-0.1, -0.05) is 24.3 Å². The van der Waals surface area contributed by atoms with Crippen LogP contribution in [-0.2, 0) is 5.41 Å². The van der Waals surface area contributed by atoms with Crippen LogP contribution in [0.25, 0.3) is 10.9 Å². The molecular weight excluding hydrogens is 492 g/mol. The van der Waals surface area contributed by atoms with E-state index in [4.69, 9.17) is 9.47 Å². The maximum atomic E-state index is 13.8. The minimum Gasteiger partial charge on any atom is -0.493 e. The third-order valence-corrected chi connectivity index (χ3v) is 9.57. The Balaban J connectivity index is 1.00. The number of likely N-dealkylation sites (tertiary alicyclic amines) is 3. The second-order valence-electron chi connectivity index (χ2n) is 12.2. The lowest BCUT2D eigenvalue weighted by Gasteiger charge is -2.59. The lowest BCUT2D eigenvalue weighted by atomic mass is 9.73. The fraction of sp³-hybridized carbons (Fsp3) is 0.419. The number of piperidine rings is 1. The number of hydrogen-bond donors (Lipinski definition) is 1. The van der Waals surface area contributed by atoms with Gasteiger partial charge in [0.25, 0.3) is 5.91 Å². The molecule has 0 radical (unpaired) electrons. The normalized spacial score (nSPS) is 26.4. The van der Waals surface area contributed by atoms with Crippen LogP contribution in [0.4, 0.5) is 0 Å². The van der Waals surface area contributed by atoms with Gasteiger partial charge >= 0.3 is 0 Å². The predicted octanol–water partition coefficient (Wildman–Crippen LogP) is 3.30. The molecule has 1 unspecified atom stereocenters. The minimum atomic E-state index is -0.193. The van der Waals surface area contributed by atoms with E-state index in [9.17, 15) is 9.59 Å². The number of H-pyrrole nitrogens is 1. The first-order valence-corrected chi connectivity index (χ1v) is 13.8. The van der Waals surface area contributed by atoms with E-state index in [1.807, 2.05) is 36.4 Å². The zero-order chi connectivity index (χ0) is 26.5. The Morgan fingerprint density at radius 3 is 2.72 bits per heavy atom. The first kappa shape index (κ1) is 23.3. The molecule has 1 aromatic heterocycles. The summed E-state index contributed by atoms with van der Waals surface area (Å²) in [5.74, 6) is 1.56. The molecule has 3 aliphatic heterocycles. The van der Waals surface area contributed by atoms with Crippen LogP contribution >= 0.6 is 0 Å². The van der Waals surface area contributed by atoms with Crippen LogP contribution in [0.3, 0.4) is 0 Å². The van der Waals surface area contributed by atoms with Crippen LogP contribution in [0.15, 0.2) is 54.2 Å². The molecule has 3 aromatic rings. The van der Waals surface area contributed by atoms with Crippen LogP contribution in [0, 0.1) is 11.3 Å². The van der Waals surface area contributed by atoms with E-state index in [-0.39, 0.29) is 17.1 Å². The summed E-state index contributed by atoms with van der Waals surface area (Å²) in [6.45, 7) is 6.79. The summed E-state index contributed by atoms with van der Waals surface area (Å²) in [5.41, 5.74) is 4.34. The molecule has 2 aromatic carbocycles. The number of rotatable bonds is 6. The van der Waals surface area contributed by atoms with Crippen molar-refractivity contribution < 1.29 is 19.1 Å². The largest absolute Gasteiger partial charge is 0.493 e. The number of allylic oxidation sites excluding steroid dienone is 2. The summed E-state index contributed by atoms with van der Waals surface area (Å²) >= 11 is 0. The van der Waals surface area contributed by atoms with Crippen molar-refractivity contribution in [1.82, 2.24) is 19.7 Å². The van der Waals surface area contributed by atoms with Gasteiger partial charge in [0.2, 0.25) is 0 Å². The number of fused-ring (bicyclic) bond motifs is 2. The first-order valence-electron chi connectivity index (χ1n) is 13.8. The average molecular weight is 525 g/mol. The Hall–Kier alpha value is -3.62. The number of nitrogens with one attached hydrogen (secondary N) is 1. The highest BCUT2D eigenvalue weighted by molar-refractivity contribution is 6.10. The number of ketones is 1. The maximum Gasteiger partial charge on any atom is 0.274 e. The van der Waals surface area contributed by atoms with Gasteiger partial charge in [-0.15, -0.1) is 0 Å². The zero-order valence-electron chi connectivity index (χ0n) is 22.3. The molecule has 200 valence electrons. The zero-order valence-corrected chi connectivity index (χ0v) is 22.3. The van der Waals surface area contributed by atoms with Gasteiger partial charge in [-0.3, -0.25) is 14.5 Å². The number of carbonyl (C=O) groups excluding carboxylic acids is 2. The van der Waals surface area contributed by atoms with Crippen LogP contribution in [-0.4, -0.2) is 91.4 Å². The van der Waals surface area contributed by atoms with Crippen molar-refractivity contribution in [3.05, 3.63) is 71.1 Å². The van der Waals surface area contributed by atoms with Crippen molar-refractivity contribution in [2.45, 2.75) is 11.8 Å². The van der Waals surface area contributed by atoms with Gasteiger partial charge in [0.05, 0.1) is 7.11 Å². The number of amides is 1. The fourth-order valence-electron chi connectivity index (χ4n) is 7.90. The second kappa shape index (κ2) is 7.96. The number of aromatic nitrogens is 1. The summed E-state index contributed by atoms with van der Waals surface area (Å²) in [6.07, 6.45) is 2.68. The van der Waals surface area contributed by atoms with E-state index in [0.717, 1.165) is 53.8 Å². The van der Waals surface area contributed by atoms with Gasteiger partial charge < -0.3 is 24.3 Å². The van der Waals surface area contributed by atoms with E-state index in [0.29, 0.717) is 41.7 Å². The first-order chi connectivity index (χ1) is 18.9. The molecule has 2 spiro atoms. The average Bonchev–Trinajstić information content (AvgIpc) is 3.30. The molecule has 2 atom stereocenters. The minimum absolute atomic E-state index is 0.0202. The van der Waals surface area contributed by atoms with Crippen molar-refractivity contribution in [2.75, 3.05) is 60.0 Å². The Kier molecular flexibility index (Phi) is 4.75. The molecular formula is C31H32N4O4. The lowest BCUT2D eigenvalue weighted by molar-refractivity contribution is -0.106. The molecule has 2 aliphatic carbocycles. The number of aromatic amines is 1. The van der Waals surface area contributed by atoms with Crippen LogP contribution < -0.4 is 9.47 Å². The van der Waals surface area contributed by atoms with Crippen LogP contribution in [0.5, 0.6) is 11.5 Å². The van der Waals surface area contributed by atoms with Crippen molar-refractivity contribution in [1.29, 1.82) is 0 Å². The molecule has 8 rings (SSSR count). The number of carbonyl (C=O) groups is 2. The van der Waals surface area contributed by atoms with Gasteiger partial charge in [-0.05, 0) is 37.1 Å². The number of hydrogen-bond acceptors (Lipinski definition) is 6. The van der Waals surface area contributed by atoms with Crippen molar-refractivity contribution in [2.24, 2.45) is 11.3 Å². The molecule has 8 nitrogen and oxygen atoms in total. The van der Waals surface area contributed by atoms with Gasteiger partial charge in [-0.2, -0.15) is 0 Å². The number of ether oxygens (including phenoxy) is 2. The molecule has 39 heavy (non-hydrogen) atoms. The summed E-state index contributed by atoms with van der Waals surface area (Å²) in [7, 11) is 3.81. The third kappa shape index (κ3) is 3.31. The van der Waals surface area contributed by atoms with Crippen molar-refractivity contribution in [3.63, 3.8) is 0 Å². The summed E-state index contributed by atoms with van der Waals surface area (Å²) in [6, 6.07) is 13.6. The molecule has 5 aliphatic rings. The number of benzene rings is 2. The standard InChI is InChI=1S/C31H32N4O4/c1-33-15-30(16-33)17-34(18-30)7-8-39-27-10-19-9-24(32-23(19)11-26(27)38-2)29(37)35-14-20-13-31(20)22-6-4-3-5-21(22)25(36)12-28(31)35/h3-6,9-12,20,32H,7-8,13-18H2,1-2H3/t20-,31?/m1/s1. The predicted molar refractivity (Wildman–Crippen MR) is 146 cm³/mol. The highest BCUT2D eigenvalue weighted by atomic mass is 16.5. The molecule has 1 N–H and O–H groups in total. The topological polar surface area (TPSA) is 78.1 Å². The highest BCUT2D eigenvalue weighted by Gasteiger charge is 2.67. The Morgan fingerprint density at radius 2 is 1.92 bits per heavy atom. The van der Waals surface area contributed by atoms with E-state index in [2.05, 4.69) is 27.9 Å². The summed E-state index contributed by atoms with van der Waals surface area (Å²) in [4.78, 5) is 36.6. The van der Waals surface area contributed by atoms with Gasteiger partial charge in [-0.25, -0.2) is 0 Å². The smallest absolute Gasteiger partial charge is 0.274 e. The monoisotopic (exact) mass is 524 g/mol. The van der Waals surface area contributed by atoms with Crippen LogP contribution in [0.1, 0.15) is 32.8 Å². The summed E-state index contributed by atoms with van der Waals surface area (Å²) < 4.78 is 11.8. The van der Waals surface area contributed by atoms with Gasteiger partial charge in [0.1, 0.15) is 12.3 Å². The molecule has 0 bridgehead atoms. The number of nitrogens with zero attached hydrogens (tertiary/aromatic N) is 3. The quantitative estimate of drug-likeness (QED) is 0.533. The lowest BCUT2D eigenvalue weighted by Crippen LogP contribution is -2.71. The van der Waals surface area contributed by atoms with E-state index in [1.54, 1.807) is 18.1 Å². The van der Waals surface area contributed by atoms with E-state index < -0.39 is 0 Å². The Morgan fingerprint density at radius 1 is 1.10 bits per heavy atom. The Labute approximate surface area is 227 Å². The van der Waals surface area contributed by atoms with E-state index in [1.165, 1.54) is 13.1 Å². The van der Waals surface area contributed by atoms with Crippen molar-refractivity contribution in [3.8, 4) is 11.5 Å². The summed E-state index contributed by atoms with van der Waals surface area (Å²) in [5, 5.41) is 0.896. The second-order valence-corrected chi connectivity index (χ2v) is 12.2. The maximum absolute atomic E-state index is 13.8. The molecule has 3 saturated heterocycles. The van der Waals surface area contributed by atoms with E-state index >= 15 is 0 Å².